The average molecular weight is 238 g/mol. The molecule has 1 aromatic carbocycles. The summed E-state index contributed by atoms with van der Waals surface area (Å²) in [5.41, 5.74) is 5.01. The molecule has 1 atom stereocenters. The van der Waals surface area contributed by atoms with Crippen molar-refractivity contribution in [1.82, 2.24) is 0 Å². The highest BCUT2D eigenvalue weighted by Crippen LogP contribution is 2.23. The highest BCUT2D eigenvalue weighted by Gasteiger charge is 2.37. The molecular weight excluding hydrogens is 228 g/mol. The summed E-state index contributed by atoms with van der Waals surface area (Å²) in [6, 6.07) is 3.70. The van der Waals surface area contributed by atoms with Gasteiger partial charge in [0, 0.05) is 6.54 Å². The Hall–Kier alpha value is -1.50. The van der Waals surface area contributed by atoms with Gasteiger partial charge in [0.05, 0.1) is 11.4 Å². The van der Waals surface area contributed by atoms with Gasteiger partial charge in [0.1, 0.15) is 5.82 Å². The molecule has 3 nitrogen and oxygen atoms in total. The van der Waals surface area contributed by atoms with Crippen LogP contribution in [0.3, 0.4) is 0 Å². The Bertz CT molecular complexity index is 367. The molecule has 0 aliphatic carbocycles. The van der Waals surface area contributed by atoms with E-state index in [0.717, 1.165) is 6.07 Å². The number of aliphatic hydroxyl groups excluding tert-OH is 1. The molecule has 0 saturated heterocycles. The number of nitrogens with two attached hydrogens (primary N) is 1. The van der Waals surface area contributed by atoms with Crippen LogP contribution in [0.4, 0.5) is 28.9 Å². The predicted molar refractivity (Wildman–Crippen MR) is 51.4 cm³/mol. The Morgan fingerprint density at radius 1 is 1.38 bits per heavy atom. The highest BCUT2D eigenvalue weighted by atomic mass is 19.4. The Morgan fingerprint density at radius 2 is 2.00 bits per heavy atom. The number of benzene rings is 1. The van der Waals surface area contributed by atoms with Crippen molar-refractivity contribution >= 4 is 11.4 Å². The molecule has 0 fully saturated rings. The van der Waals surface area contributed by atoms with Crippen molar-refractivity contribution in [2.75, 3.05) is 17.6 Å². The minimum atomic E-state index is -4.71. The van der Waals surface area contributed by atoms with E-state index in [4.69, 9.17) is 10.8 Å². The molecule has 0 aromatic heterocycles. The quantitative estimate of drug-likeness (QED) is 0.555. The molecule has 1 unspecified atom stereocenters. The lowest BCUT2D eigenvalue weighted by molar-refractivity contribution is -0.198. The van der Waals surface area contributed by atoms with Crippen molar-refractivity contribution in [2.45, 2.75) is 12.3 Å². The largest absolute Gasteiger partial charge is 0.416 e. The minimum absolute atomic E-state index is 0.0169. The monoisotopic (exact) mass is 238 g/mol. The number of halogens is 4. The summed E-state index contributed by atoms with van der Waals surface area (Å²) in [6.45, 7) is -0.781. The van der Waals surface area contributed by atoms with E-state index in [1.165, 1.54) is 12.1 Å². The van der Waals surface area contributed by atoms with Gasteiger partial charge >= 0.3 is 6.18 Å². The van der Waals surface area contributed by atoms with Crippen LogP contribution in [-0.2, 0) is 0 Å². The third kappa shape index (κ3) is 2.99. The van der Waals surface area contributed by atoms with Gasteiger partial charge in [-0.2, -0.15) is 13.2 Å². The summed E-state index contributed by atoms with van der Waals surface area (Å²) in [4.78, 5) is 0. The van der Waals surface area contributed by atoms with Crippen LogP contribution in [0, 0.1) is 5.82 Å². The Kier molecular flexibility index (Phi) is 3.58. The topological polar surface area (TPSA) is 58.3 Å². The van der Waals surface area contributed by atoms with Crippen molar-refractivity contribution < 1.29 is 22.7 Å². The number of aliphatic hydroxyl groups is 1. The van der Waals surface area contributed by atoms with E-state index in [2.05, 4.69) is 5.32 Å². The second-order valence-electron chi connectivity index (χ2n) is 3.14. The molecule has 0 amide bonds. The zero-order chi connectivity index (χ0) is 12.3. The summed E-state index contributed by atoms with van der Waals surface area (Å²) in [6.07, 6.45) is -7.23. The van der Waals surface area contributed by atoms with Gasteiger partial charge in [-0.1, -0.05) is 6.07 Å². The number of alkyl halides is 3. The van der Waals surface area contributed by atoms with Crippen LogP contribution in [0.5, 0.6) is 0 Å². The smallest absolute Gasteiger partial charge is 0.395 e. The van der Waals surface area contributed by atoms with Gasteiger partial charge in [-0.05, 0) is 12.1 Å². The van der Waals surface area contributed by atoms with Crippen LogP contribution < -0.4 is 11.1 Å². The molecule has 0 aliphatic heterocycles. The summed E-state index contributed by atoms with van der Waals surface area (Å²) < 4.78 is 48.7. The van der Waals surface area contributed by atoms with Crippen molar-refractivity contribution in [1.29, 1.82) is 0 Å². The van der Waals surface area contributed by atoms with Crippen LogP contribution in [0.15, 0.2) is 18.2 Å². The molecular formula is C9H10F4N2O. The number of para-hydroxylation sites is 1. The summed E-state index contributed by atoms with van der Waals surface area (Å²) in [7, 11) is 0. The van der Waals surface area contributed by atoms with Crippen molar-refractivity contribution in [2.24, 2.45) is 0 Å². The molecule has 1 rings (SSSR count). The zero-order valence-corrected chi connectivity index (χ0v) is 8.05. The second-order valence-corrected chi connectivity index (χ2v) is 3.14. The predicted octanol–water partition coefficient (Wildman–Crippen LogP) is 1.74. The van der Waals surface area contributed by atoms with Gasteiger partial charge in [0.25, 0.3) is 0 Å². The lowest BCUT2D eigenvalue weighted by Crippen LogP contribution is -2.35. The molecule has 16 heavy (non-hydrogen) atoms. The minimum Gasteiger partial charge on any atom is -0.395 e. The first-order chi connectivity index (χ1) is 7.32. The normalized spacial score (nSPS) is 13.6. The van der Waals surface area contributed by atoms with Crippen LogP contribution in [0.25, 0.3) is 0 Å². The van der Waals surface area contributed by atoms with Crippen molar-refractivity contribution in [3.63, 3.8) is 0 Å². The fourth-order valence-electron chi connectivity index (χ4n) is 1.01. The summed E-state index contributed by atoms with van der Waals surface area (Å²) in [5, 5.41) is 10.9. The number of nitrogen functional groups attached to an aromatic ring is 1. The van der Waals surface area contributed by atoms with Gasteiger partial charge in [-0.15, -0.1) is 0 Å². The lowest BCUT2D eigenvalue weighted by atomic mass is 10.2. The van der Waals surface area contributed by atoms with Crippen LogP contribution in [-0.4, -0.2) is 23.9 Å². The molecule has 0 spiro atoms. The first-order valence-corrected chi connectivity index (χ1v) is 4.35. The fraction of sp³-hybridized carbons (Fsp3) is 0.333. The number of hydrogen-bond acceptors (Lipinski definition) is 3. The van der Waals surface area contributed by atoms with E-state index in [1.807, 2.05) is 0 Å². The number of anilines is 2. The Balaban J connectivity index is 2.65. The van der Waals surface area contributed by atoms with Crippen molar-refractivity contribution in [3.05, 3.63) is 24.0 Å². The second kappa shape index (κ2) is 4.56. The number of rotatable bonds is 3. The zero-order valence-electron chi connectivity index (χ0n) is 8.05. The molecule has 0 radical (unpaired) electrons. The molecule has 90 valence electrons. The Labute approximate surface area is 88.9 Å². The summed E-state index contributed by atoms with van der Waals surface area (Å²) >= 11 is 0. The van der Waals surface area contributed by atoms with Gasteiger partial charge < -0.3 is 16.2 Å². The lowest BCUT2D eigenvalue weighted by Gasteiger charge is -2.16. The first-order valence-electron chi connectivity index (χ1n) is 4.35. The van der Waals surface area contributed by atoms with Gasteiger partial charge in [0.15, 0.2) is 6.10 Å². The van der Waals surface area contributed by atoms with Crippen LogP contribution in [0.2, 0.25) is 0 Å². The molecule has 7 heteroatoms. The third-order valence-corrected chi connectivity index (χ3v) is 1.92. The van der Waals surface area contributed by atoms with Gasteiger partial charge in [0.2, 0.25) is 0 Å². The molecule has 0 bridgehead atoms. The summed E-state index contributed by atoms with van der Waals surface area (Å²) in [5.74, 6) is -0.730. The fourth-order valence-corrected chi connectivity index (χ4v) is 1.01. The maximum atomic E-state index is 12.9. The third-order valence-electron chi connectivity index (χ3n) is 1.92. The standard InChI is InChI=1S/C9H10F4N2O/c10-5-2-1-3-6(8(5)14)15-4-7(16)9(11,12)13/h1-3,7,15-16H,4,14H2. The molecule has 0 saturated carbocycles. The van der Waals surface area contributed by atoms with E-state index >= 15 is 0 Å². The maximum absolute atomic E-state index is 12.9. The van der Waals surface area contributed by atoms with Gasteiger partial charge in [-0.3, -0.25) is 0 Å². The van der Waals surface area contributed by atoms with E-state index in [9.17, 15) is 17.6 Å². The highest BCUT2D eigenvalue weighted by molar-refractivity contribution is 5.66. The number of hydrogen-bond donors (Lipinski definition) is 3. The van der Waals surface area contributed by atoms with E-state index in [-0.39, 0.29) is 11.4 Å². The van der Waals surface area contributed by atoms with E-state index in [0.29, 0.717) is 0 Å². The Morgan fingerprint density at radius 3 is 2.56 bits per heavy atom. The van der Waals surface area contributed by atoms with E-state index in [1.54, 1.807) is 0 Å². The number of nitrogens with one attached hydrogen (secondary N) is 1. The molecule has 0 aliphatic rings. The van der Waals surface area contributed by atoms with Crippen LogP contribution >= 0.6 is 0 Å². The van der Waals surface area contributed by atoms with Crippen molar-refractivity contribution in [3.8, 4) is 0 Å². The molecule has 1 aromatic rings. The van der Waals surface area contributed by atoms with Crippen LogP contribution in [0.1, 0.15) is 0 Å². The van der Waals surface area contributed by atoms with Gasteiger partial charge in [-0.25, -0.2) is 4.39 Å². The first kappa shape index (κ1) is 12.6. The molecule has 4 N–H and O–H groups in total. The SMILES string of the molecule is Nc1c(F)cccc1NCC(O)C(F)(F)F. The van der Waals surface area contributed by atoms with E-state index < -0.39 is 24.6 Å². The maximum Gasteiger partial charge on any atom is 0.416 e. The average Bonchev–Trinajstić information content (AvgIpc) is 2.18. The molecule has 0 heterocycles.